The van der Waals surface area contributed by atoms with E-state index in [4.69, 9.17) is 23.1 Å². The zero-order valence-corrected chi connectivity index (χ0v) is 11.3. The van der Waals surface area contributed by atoms with Gasteiger partial charge in [-0.1, -0.05) is 31.5 Å². The summed E-state index contributed by atoms with van der Waals surface area (Å²) in [7, 11) is 0. The summed E-state index contributed by atoms with van der Waals surface area (Å²) in [5, 5.41) is 8.98. The first-order valence-corrected chi connectivity index (χ1v) is 6.69. The lowest BCUT2D eigenvalue weighted by atomic mass is 9.73. The lowest BCUT2D eigenvalue weighted by molar-refractivity contribution is -0.140. The van der Waals surface area contributed by atoms with Crippen LogP contribution >= 0.6 is 12.2 Å². The van der Waals surface area contributed by atoms with E-state index in [-0.39, 0.29) is 12.5 Å². The number of nitrogens with zero attached hydrogens (tertiary/aromatic N) is 1. The van der Waals surface area contributed by atoms with Gasteiger partial charge in [-0.2, -0.15) is 0 Å². The first-order chi connectivity index (χ1) is 8.08. The second-order valence-corrected chi connectivity index (χ2v) is 5.06. The fourth-order valence-electron chi connectivity index (χ4n) is 2.55. The lowest BCUT2D eigenvalue weighted by Gasteiger charge is -2.38. The van der Waals surface area contributed by atoms with Crippen molar-refractivity contribution in [3.63, 3.8) is 0 Å². The Morgan fingerprint density at radius 2 is 2.00 bits per heavy atom. The molecule has 3 N–H and O–H groups in total. The lowest BCUT2D eigenvalue weighted by Crippen LogP contribution is -2.52. The van der Waals surface area contributed by atoms with Crippen LogP contribution in [0.3, 0.4) is 0 Å². The molecule has 0 aromatic carbocycles. The molecule has 0 unspecified atom stereocenters. The van der Waals surface area contributed by atoms with Crippen LogP contribution in [0.15, 0.2) is 0 Å². The molecule has 1 saturated carbocycles. The van der Waals surface area contributed by atoms with Crippen LogP contribution in [0.2, 0.25) is 0 Å². The minimum atomic E-state index is -0.654. The molecule has 0 atom stereocenters. The van der Waals surface area contributed by atoms with Crippen LogP contribution in [-0.2, 0) is 4.79 Å². The van der Waals surface area contributed by atoms with Gasteiger partial charge in [0.2, 0.25) is 5.91 Å². The third kappa shape index (κ3) is 2.96. The van der Waals surface area contributed by atoms with Gasteiger partial charge >= 0.3 is 0 Å². The molecular weight excluding hydrogens is 236 g/mol. The van der Waals surface area contributed by atoms with Crippen molar-refractivity contribution in [2.45, 2.75) is 39.0 Å². The van der Waals surface area contributed by atoms with Gasteiger partial charge in [0.15, 0.2) is 0 Å². The molecule has 0 aromatic rings. The summed E-state index contributed by atoms with van der Waals surface area (Å²) in [5.41, 5.74) is 5.16. The Labute approximate surface area is 108 Å². The fraction of sp³-hybridized carbons (Fsp3) is 0.833. The summed E-state index contributed by atoms with van der Waals surface area (Å²) in [6.45, 7) is 2.83. The van der Waals surface area contributed by atoms with Crippen molar-refractivity contribution in [1.29, 1.82) is 0 Å². The average Bonchev–Trinajstić information content (AvgIpc) is 2.35. The molecule has 17 heavy (non-hydrogen) atoms. The molecule has 1 aliphatic carbocycles. The first kappa shape index (κ1) is 14.4. The van der Waals surface area contributed by atoms with Crippen molar-refractivity contribution in [3.8, 4) is 0 Å². The molecule has 1 fully saturated rings. The smallest absolute Gasteiger partial charge is 0.235 e. The van der Waals surface area contributed by atoms with Gasteiger partial charge in [-0.25, -0.2) is 0 Å². The fourth-order valence-corrected chi connectivity index (χ4v) is 2.84. The summed E-state index contributed by atoms with van der Waals surface area (Å²) in [6.07, 6.45) is 4.65. The second kappa shape index (κ2) is 6.31. The van der Waals surface area contributed by atoms with E-state index in [2.05, 4.69) is 0 Å². The van der Waals surface area contributed by atoms with E-state index in [0.29, 0.717) is 18.1 Å². The Morgan fingerprint density at radius 1 is 1.41 bits per heavy atom. The molecule has 98 valence electrons. The Morgan fingerprint density at radius 3 is 2.41 bits per heavy atom. The highest BCUT2D eigenvalue weighted by atomic mass is 32.1. The molecule has 1 aliphatic rings. The Bertz CT molecular complexity index is 288. The van der Waals surface area contributed by atoms with E-state index >= 15 is 0 Å². The number of thiocarbonyl (C=S) groups is 1. The topological polar surface area (TPSA) is 66.6 Å². The summed E-state index contributed by atoms with van der Waals surface area (Å²) in [6, 6.07) is 0. The molecule has 0 heterocycles. The number of rotatable bonds is 5. The average molecular weight is 258 g/mol. The van der Waals surface area contributed by atoms with Gasteiger partial charge in [0.05, 0.1) is 17.0 Å². The third-order valence-electron chi connectivity index (χ3n) is 3.63. The maximum absolute atomic E-state index is 12.5. The van der Waals surface area contributed by atoms with Crippen LogP contribution in [0.25, 0.3) is 0 Å². The Hall–Kier alpha value is -0.680. The quantitative estimate of drug-likeness (QED) is 0.724. The third-order valence-corrected chi connectivity index (χ3v) is 4.02. The number of aliphatic hydroxyl groups is 1. The minimum absolute atomic E-state index is 0.00116. The normalized spacial score (nSPS) is 18.7. The van der Waals surface area contributed by atoms with Crippen molar-refractivity contribution in [1.82, 2.24) is 4.90 Å². The molecule has 0 aliphatic heterocycles. The molecule has 0 aromatic heterocycles. The van der Waals surface area contributed by atoms with Crippen LogP contribution in [0.4, 0.5) is 0 Å². The number of aliphatic hydroxyl groups excluding tert-OH is 1. The first-order valence-electron chi connectivity index (χ1n) is 6.28. The number of nitrogens with two attached hydrogens (primary N) is 1. The van der Waals surface area contributed by atoms with Crippen molar-refractivity contribution < 1.29 is 9.90 Å². The van der Waals surface area contributed by atoms with Gasteiger partial charge in [0, 0.05) is 13.1 Å². The van der Waals surface area contributed by atoms with E-state index in [1.54, 1.807) is 4.90 Å². The molecule has 0 bridgehead atoms. The van der Waals surface area contributed by atoms with Gasteiger partial charge in [0.1, 0.15) is 0 Å². The molecule has 1 rings (SSSR count). The highest BCUT2D eigenvalue weighted by molar-refractivity contribution is 7.80. The van der Waals surface area contributed by atoms with E-state index < -0.39 is 5.41 Å². The molecule has 1 amide bonds. The van der Waals surface area contributed by atoms with E-state index in [1.165, 1.54) is 0 Å². The maximum Gasteiger partial charge on any atom is 0.235 e. The van der Waals surface area contributed by atoms with Gasteiger partial charge < -0.3 is 15.7 Å². The molecule has 0 spiro atoms. The summed E-state index contributed by atoms with van der Waals surface area (Å²) in [4.78, 5) is 14.5. The van der Waals surface area contributed by atoms with E-state index in [1.807, 2.05) is 6.92 Å². The minimum Gasteiger partial charge on any atom is -0.395 e. The van der Waals surface area contributed by atoms with Crippen molar-refractivity contribution in [2.75, 3.05) is 19.7 Å². The standard InChI is InChI=1S/C12H22N2O2S/c1-2-14(8-9-15)11(16)12(10(13)17)6-4-3-5-7-12/h15H,2-9H2,1H3,(H2,13,17). The van der Waals surface area contributed by atoms with Gasteiger partial charge in [-0.15, -0.1) is 0 Å². The summed E-state index contributed by atoms with van der Waals surface area (Å²) >= 11 is 5.12. The van der Waals surface area contributed by atoms with Gasteiger partial charge in [-0.05, 0) is 19.8 Å². The van der Waals surface area contributed by atoms with Crippen molar-refractivity contribution >= 4 is 23.1 Å². The summed E-state index contributed by atoms with van der Waals surface area (Å²) < 4.78 is 0. The Kier molecular flexibility index (Phi) is 5.33. The molecule has 0 saturated heterocycles. The second-order valence-electron chi connectivity index (χ2n) is 4.62. The maximum atomic E-state index is 12.5. The highest BCUT2D eigenvalue weighted by Gasteiger charge is 2.44. The van der Waals surface area contributed by atoms with Crippen molar-refractivity contribution in [2.24, 2.45) is 11.1 Å². The SMILES string of the molecule is CCN(CCO)C(=O)C1(C(N)=S)CCCCC1. The zero-order valence-electron chi connectivity index (χ0n) is 10.4. The van der Waals surface area contributed by atoms with E-state index in [9.17, 15) is 4.79 Å². The largest absolute Gasteiger partial charge is 0.395 e. The number of carbonyl (C=O) groups excluding carboxylic acids is 1. The number of likely N-dealkylation sites (N-methyl/N-ethyl adjacent to an activating group) is 1. The van der Waals surface area contributed by atoms with E-state index in [0.717, 1.165) is 32.1 Å². The van der Waals surface area contributed by atoms with Crippen LogP contribution in [0.5, 0.6) is 0 Å². The van der Waals surface area contributed by atoms with Gasteiger partial charge in [0.25, 0.3) is 0 Å². The molecule has 0 radical (unpaired) electrons. The number of carbonyl (C=O) groups is 1. The van der Waals surface area contributed by atoms with Crippen LogP contribution < -0.4 is 5.73 Å². The van der Waals surface area contributed by atoms with Gasteiger partial charge in [-0.3, -0.25) is 4.79 Å². The Balaban J connectivity index is 2.89. The number of hydrogen-bond acceptors (Lipinski definition) is 3. The molecule has 5 heteroatoms. The molecule has 4 nitrogen and oxygen atoms in total. The van der Waals surface area contributed by atoms with Crippen LogP contribution in [-0.4, -0.2) is 40.6 Å². The zero-order chi connectivity index (χ0) is 12.9. The summed E-state index contributed by atoms with van der Waals surface area (Å²) in [5.74, 6) is 0.00116. The van der Waals surface area contributed by atoms with Crippen LogP contribution in [0.1, 0.15) is 39.0 Å². The monoisotopic (exact) mass is 258 g/mol. The molecular formula is C12H22N2O2S. The highest BCUT2D eigenvalue weighted by Crippen LogP contribution is 2.38. The van der Waals surface area contributed by atoms with Crippen molar-refractivity contribution in [3.05, 3.63) is 0 Å². The predicted octanol–water partition coefficient (Wildman–Crippen LogP) is 1.06. The number of hydrogen-bond donors (Lipinski definition) is 2. The van der Waals surface area contributed by atoms with Crippen LogP contribution in [0, 0.1) is 5.41 Å². The number of amides is 1. The predicted molar refractivity (Wildman–Crippen MR) is 71.6 cm³/mol.